The van der Waals surface area contributed by atoms with Gasteiger partial charge in [0, 0.05) is 23.5 Å². The lowest BCUT2D eigenvalue weighted by Gasteiger charge is -2.08. The maximum Gasteiger partial charge on any atom is 0.343 e. The van der Waals surface area contributed by atoms with Crippen molar-refractivity contribution in [1.82, 2.24) is 0 Å². The Balaban J connectivity index is 0.00000298. The predicted molar refractivity (Wildman–Crippen MR) is 145 cm³/mol. The zero-order chi connectivity index (χ0) is 25.9. The standard InChI is InChI=1S/C25H28Br2O6.C2H6/c26-17-5-1-3-7-23(28)31-20-11-9-19(10-12-20)25(30)33-22-15-13-21(14-16-22)32-24(29)8-4-2-6-18-27;1-2/h9-16H,1-8,17-18H2;1-2H3. The molecule has 0 radical (unpaired) electrons. The number of carbonyl (C=O) groups excluding carboxylic acids is 3. The zero-order valence-corrected chi connectivity index (χ0v) is 23.6. The first kappa shape index (κ1) is 30.8. The van der Waals surface area contributed by atoms with Gasteiger partial charge in [-0.15, -0.1) is 0 Å². The molecule has 0 amide bonds. The highest BCUT2D eigenvalue weighted by molar-refractivity contribution is 9.09. The second-order valence-electron chi connectivity index (χ2n) is 7.33. The van der Waals surface area contributed by atoms with Gasteiger partial charge < -0.3 is 14.2 Å². The van der Waals surface area contributed by atoms with Crippen LogP contribution in [-0.2, 0) is 9.59 Å². The SMILES string of the molecule is CC.O=C(CCCCCBr)Oc1ccc(OC(=O)c2ccc(OC(=O)CCCCCBr)cc2)cc1. The number of benzene rings is 2. The van der Waals surface area contributed by atoms with Crippen molar-refractivity contribution in [2.75, 3.05) is 10.7 Å². The van der Waals surface area contributed by atoms with Gasteiger partial charge in [0.05, 0.1) is 5.56 Å². The van der Waals surface area contributed by atoms with Gasteiger partial charge in [0.1, 0.15) is 17.2 Å². The van der Waals surface area contributed by atoms with Crippen molar-refractivity contribution in [3.8, 4) is 17.2 Å². The molecule has 2 rings (SSSR count). The fourth-order valence-corrected chi connectivity index (χ4v) is 3.64. The minimum Gasteiger partial charge on any atom is -0.427 e. The summed E-state index contributed by atoms with van der Waals surface area (Å²) in [6.45, 7) is 4.00. The van der Waals surface area contributed by atoms with E-state index >= 15 is 0 Å². The van der Waals surface area contributed by atoms with E-state index in [4.69, 9.17) is 14.2 Å². The Morgan fingerprint density at radius 1 is 0.571 bits per heavy atom. The second kappa shape index (κ2) is 19.1. The fraction of sp³-hybridized carbons (Fsp3) is 0.444. The van der Waals surface area contributed by atoms with Crippen LogP contribution >= 0.6 is 31.9 Å². The maximum atomic E-state index is 12.4. The molecule has 35 heavy (non-hydrogen) atoms. The molecule has 0 saturated carbocycles. The van der Waals surface area contributed by atoms with E-state index in [9.17, 15) is 14.4 Å². The van der Waals surface area contributed by atoms with Gasteiger partial charge >= 0.3 is 17.9 Å². The van der Waals surface area contributed by atoms with Gasteiger partial charge in [-0.3, -0.25) is 9.59 Å². The van der Waals surface area contributed by atoms with E-state index in [0.29, 0.717) is 35.7 Å². The Morgan fingerprint density at radius 2 is 0.943 bits per heavy atom. The highest BCUT2D eigenvalue weighted by Crippen LogP contribution is 2.20. The first-order valence-electron chi connectivity index (χ1n) is 12.0. The number of hydrogen-bond acceptors (Lipinski definition) is 6. The van der Waals surface area contributed by atoms with Gasteiger partial charge in [-0.05, 0) is 74.2 Å². The molecular weight excluding hydrogens is 580 g/mol. The largest absolute Gasteiger partial charge is 0.427 e. The van der Waals surface area contributed by atoms with Crippen LogP contribution in [-0.4, -0.2) is 28.6 Å². The number of ether oxygens (including phenoxy) is 3. The van der Waals surface area contributed by atoms with Crippen LogP contribution in [0, 0.1) is 0 Å². The summed E-state index contributed by atoms with van der Waals surface area (Å²) < 4.78 is 15.9. The van der Waals surface area contributed by atoms with Crippen molar-refractivity contribution in [1.29, 1.82) is 0 Å². The molecule has 0 unspecified atom stereocenters. The van der Waals surface area contributed by atoms with E-state index in [1.807, 2.05) is 13.8 Å². The van der Waals surface area contributed by atoms with Crippen molar-refractivity contribution >= 4 is 49.8 Å². The molecule has 0 atom stereocenters. The summed E-state index contributed by atoms with van der Waals surface area (Å²) >= 11 is 6.72. The average molecular weight is 614 g/mol. The molecule has 0 bridgehead atoms. The van der Waals surface area contributed by atoms with E-state index < -0.39 is 5.97 Å². The third-order valence-electron chi connectivity index (χ3n) is 4.62. The van der Waals surface area contributed by atoms with Crippen LogP contribution < -0.4 is 14.2 Å². The van der Waals surface area contributed by atoms with Gasteiger partial charge in [0.15, 0.2) is 0 Å². The predicted octanol–water partition coefficient (Wildman–Crippen LogP) is 7.65. The van der Waals surface area contributed by atoms with Crippen LogP contribution in [0.15, 0.2) is 48.5 Å². The molecule has 0 fully saturated rings. The monoisotopic (exact) mass is 612 g/mol. The van der Waals surface area contributed by atoms with Gasteiger partial charge in [-0.1, -0.05) is 58.5 Å². The minimum absolute atomic E-state index is 0.283. The van der Waals surface area contributed by atoms with Crippen LogP contribution in [0.25, 0.3) is 0 Å². The Kier molecular flexibility index (Phi) is 16.8. The summed E-state index contributed by atoms with van der Waals surface area (Å²) in [6, 6.07) is 12.5. The second-order valence-corrected chi connectivity index (χ2v) is 8.92. The van der Waals surface area contributed by atoms with Crippen LogP contribution in [0.2, 0.25) is 0 Å². The van der Waals surface area contributed by atoms with Crippen molar-refractivity contribution in [2.45, 2.75) is 65.2 Å². The van der Waals surface area contributed by atoms with Crippen molar-refractivity contribution in [3.63, 3.8) is 0 Å². The maximum absolute atomic E-state index is 12.4. The molecule has 0 aliphatic carbocycles. The van der Waals surface area contributed by atoms with Gasteiger partial charge in [-0.25, -0.2) is 4.79 Å². The quantitative estimate of drug-likeness (QED) is 0.0942. The number of carbonyl (C=O) groups is 3. The Labute approximate surface area is 225 Å². The number of esters is 3. The number of unbranched alkanes of at least 4 members (excludes halogenated alkanes) is 4. The fourth-order valence-electron chi connectivity index (χ4n) is 2.85. The Hall–Kier alpha value is -2.19. The minimum atomic E-state index is -0.542. The van der Waals surface area contributed by atoms with E-state index in [-0.39, 0.29) is 11.9 Å². The molecule has 0 N–H and O–H groups in total. The van der Waals surface area contributed by atoms with Crippen LogP contribution in [0.1, 0.15) is 75.6 Å². The number of alkyl halides is 2. The topological polar surface area (TPSA) is 78.9 Å². The normalized spacial score (nSPS) is 10.1. The smallest absolute Gasteiger partial charge is 0.343 e. The van der Waals surface area contributed by atoms with Crippen molar-refractivity contribution < 1.29 is 28.6 Å². The van der Waals surface area contributed by atoms with Crippen LogP contribution in [0.5, 0.6) is 17.2 Å². The van der Waals surface area contributed by atoms with Crippen molar-refractivity contribution in [2.24, 2.45) is 0 Å². The Morgan fingerprint density at radius 3 is 1.34 bits per heavy atom. The molecule has 0 aromatic heterocycles. The number of hydrogen-bond donors (Lipinski definition) is 0. The van der Waals surface area contributed by atoms with E-state index in [1.165, 1.54) is 0 Å². The lowest BCUT2D eigenvalue weighted by molar-refractivity contribution is -0.135. The molecule has 0 spiro atoms. The van der Waals surface area contributed by atoms with Crippen molar-refractivity contribution in [3.05, 3.63) is 54.1 Å². The highest BCUT2D eigenvalue weighted by atomic mass is 79.9. The van der Waals surface area contributed by atoms with Crippen LogP contribution in [0.4, 0.5) is 0 Å². The van der Waals surface area contributed by atoms with Gasteiger partial charge in [0.25, 0.3) is 0 Å². The molecule has 8 heteroatoms. The van der Waals surface area contributed by atoms with Crippen LogP contribution in [0.3, 0.4) is 0 Å². The number of halogens is 2. The highest BCUT2D eigenvalue weighted by Gasteiger charge is 2.11. The molecule has 0 aliphatic heterocycles. The van der Waals surface area contributed by atoms with E-state index in [0.717, 1.165) is 49.2 Å². The summed E-state index contributed by atoms with van der Waals surface area (Å²) in [6.07, 6.45) is 6.28. The molecule has 2 aromatic rings. The van der Waals surface area contributed by atoms with Gasteiger partial charge in [-0.2, -0.15) is 0 Å². The average Bonchev–Trinajstić information content (AvgIpc) is 2.87. The molecule has 0 aliphatic rings. The molecule has 0 saturated heterocycles. The lowest BCUT2D eigenvalue weighted by atomic mass is 10.2. The summed E-state index contributed by atoms with van der Waals surface area (Å²) in [5.41, 5.74) is 0.325. The lowest BCUT2D eigenvalue weighted by Crippen LogP contribution is -2.10. The summed E-state index contributed by atoms with van der Waals surface area (Å²) in [5, 5.41) is 1.85. The molecule has 0 heterocycles. The summed E-state index contributed by atoms with van der Waals surface area (Å²) in [7, 11) is 0. The van der Waals surface area contributed by atoms with E-state index in [2.05, 4.69) is 31.9 Å². The summed E-state index contributed by atoms with van der Waals surface area (Å²) in [4.78, 5) is 36.1. The summed E-state index contributed by atoms with van der Waals surface area (Å²) in [5.74, 6) is -0.00184. The Bertz CT molecular complexity index is 882. The zero-order valence-electron chi connectivity index (χ0n) is 20.4. The molecule has 6 nitrogen and oxygen atoms in total. The molecule has 192 valence electrons. The molecule has 2 aromatic carbocycles. The molecular formula is C27H34Br2O6. The first-order chi connectivity index (χ1) is 17.0. The third kappa shape index (κ3) is 13.5. The van der Waals surface area contributed by atoms with E-state index in [1.54, 1.807) is 48.5 Å². The number of rotatable bonds is 14. The van der Waals surface area contributed by atoms with Gasteiger partial charge in [0.2, 0.25) is 0 Å². The first-order valence-corrected chi connectivity index (χ1v) is 14.2. The third-order valence-corrected chi connectivity index (χ3v) is 5.74.